The van der Waals surface area contributed by atoms with E-state index in [2.05, 4.69) is 15.9 Å². The lowest BCUT2D eigenvalue weighted by atomic mass is 9.91. The molecular weight excluding hydrogens is 392 g/mol. The van der Waals surface area contributed by atoms with Crippen LogP contribution in [0.15, 0.2) is 46.9 Å². The number of likely N-dealkylation sites (tertiary alicyclic amines) is 1. The summed E-state index contributed by atoms with van der Waals surface area (Å²) in [6.45, 7) is 0.991. The summed E-state index contributed by atoms with van der Waals surface area (Å²) < 4.78 is 28.7. The predicted octanol–water partition coefficient (Wildman–Crippen LogP) is 4.61. The minimum Gasteiger partial charge on any atom is -0.481 e. The van der Waals surface area contributed by atoms with E-state index < -0.39 is 29.6 Å². The van der Waals surface area contributed by atoms with Crippen molar-refractivity contribution in [3.05, 3.63) is 69.7 Å². The Morgan fingerprint density at radius 1 is 1.20 bits per heavy atom. The van der Waals surface area contributed by atoms with Gasteiger partial charge in [-0.05, 0) is 37.1 Å². The van der Waals surface area contributed by atoms with E-state index in [1.54, 1.807) is 0 Å². The maximum Gasteiger partial charge on any atom is 0.307 e. The topological polar surface area (TPSA) is 40.5 Å². The fourth-order valence-electron chi connectivity index (χ4n) is 3.42. The van der Waals surface area contributed by atoms with E-state index in [0.717, 1.165) is 22.5 Å². The fourth-order valence-corrected chi connectivity index (χ4v) is 3.93. The van der Waals surface area contributed by atoms with Gasteiger partial charge in [0.25, 0.3) is 0 Å². The van der Waals surface area contributed by atoms with Crippen molar-refractivity contribution in [3.8, 4) is 0 Å². The Kier molecular flexibility index (Phi) is 5.49. The number of carboxylic acids is 1. The number of piperidine rings is 1. The minimum atomic E-state index is -0.838. The molecule has 1 aliphatic heterocycles. The molecule has 1 aliphatic rings. The second-order valence-electron chi connectivity index (χ2n) is 6.26. The van der Waals surface area contributed by atoms with Crippen LogP contribution < -0.4 is 0 Å². The van der Waals surface area contributed by atoms with Gasteiger partial charge in [-0.2, -0.15) is 0 Å². The van der Waals surface area contributed by atoms with Gasteiger partial charge in [0.05, 0.1) is 12.0 Å². The van der Waals surface area contributed by atoms with Crippen LogP contribution in [0.2, 0.25) is 0 Å². The van der Waals surface area contributed by atoms with Crippen molar-refractivity contribution >= 4 is 21.9 Å². The first-order valence-electron chi connectivity index (χ1n) is 8.13. The molecule has 0 spiro atoms. The summed E-state index contributed by atoms with van der Waals surface area (Å²) in [5, 5.41) is 9.36. The van der Waals surface area contributed by atoms with Crippen LogP contribution in [0.3, 0.4) is 0 Å². The third kappa shape index (κ3) is 3.90. The third-order valence-corrected chi connectivity index (χ3v) is 5.35. The molecule has 1 heterocycles. The van der Waals surface area contributed by atoms with Crippen LogP contribution in [-0.2, 0) is 4.79 Å². The van der Waals surface area contributed by atoms with E-state index in [-0.39, 0.29) is 0 Å². The van der Waals surface area contributed by atoms with Gasteiger partial charge in [0.2, 0.25) is 0 Å². The number of hydrogen-bond acceptors (Lipinski definition) is 2. The summed E-state index contributed by atoms with van der Waals surface area (Å²) in [6.07, 6.45) is 1.33. The molecule has 2 unspecified atom stereocenters. The zero-order valence-electron chi connectivity index (χ0n) is 13.5. The highest BCUT2D eigenvalue weighted by molar-refractivity contribution is 9.10. The van der Waals surface area contributed by atoms with Gasteiger partial charge in [-0.1, -0.05) is 40.2 Å². The molecule has 0 aromatic heterocycles. The van der Waals surface area contributed by atoms with E-state index in [0.29, 0.717) is 25.1 Å². The molecule has 2 atom stereocenters. The first-order valence-corrected chi connectivity index (χ1v) is 8.93. The number of nitrogens with zero attached hydrogens (tertiary/aromatic N) is 1. The van der Waals surface area contributed by atoms with Gasteiger partial charge in [0, 0.05) is 22.6 Å². The first kappa shape index (κ1) is 18.0. The van der Waals surface area contributed by atoms with Gasteiger partial charge in [-0.3, -0.25) is 9.69 Å². The van der Waals surface area contributed by atoms with Gasteiger partial charge in [-0.25, -0.2) is 8.78 Å². The highest BCUT2D eigenvalue weighted by Crippen LogP contribution is 2.37. The third-order valence-electron chi connectivity index (χ3n) is 4.62. The molecule has 1 saturated heterocycles. The summed E-state index contributed by atoms with van der Waals surface area (Å²) in [5.74, 6) is -2.58. The van der Waals surface area contributed by atoms with E-state index in [1.165, 1.54) is 12.1 Å². The van der Waals surface area contributed by atoms with Crippen LogP contribution in [0, 0.1) is 17.6 Å². The molecule has 0 aliphatic carbocycles. The highest BCUT2D eigenvalue weighted by atomic mass is 79.9. The Hall–Kier alpha value is -1.79. The van der Waals surface area contributed by atoms with Crippen LogP contribution in [0.5, 0.6) is 0 Å². The fraction of sp³-hybridized carbons (Fsp3) is 0.316. The molecule has 0 saturated carbocycles. The SMILES string of the molecule is O=C(O)C1CCCN(C(c2ccc(F)cc2F)c2ccccc2Br)C1. The standard InChI is InChI=1S/C19H18BrF2NO2/c20-16-6-2-1-5-14(16)18(15-8-7-13(21)10-17(15)22)23-9-3-4-12(11-23)19(24)25/h1-2,5-8,10,12,18H,3-4,9,11H2,(H,24,25). The number of rotatable bonds is 4. The van der Waals surface area contributed by atoms with Gasteiger partial charge in [0.15, 0.2) is 0 Å². The van der Waals surface area contributed by atoms with Crippen molar-refractivity contribution in [2.45, 2.75) is 18.9 Å². The zero-order chi connectivity index (χ0) is 18.0. The Balaban J connectivity index is 2.06. The first-order chi connectivity index (χ1) is 12.0. The normalized spacial score (nSPS) is 19.6. The average Bonchev–Trinajstić information content (AvgIpc) is 2.59. The largest absolute Gasteiger partial charge is 0.481 e. The number of halogens is 3. The molecule has 0 radical (unpaired) electrons. The Morgan fingerprint density at radius 3 is 2.64 bits per heavy atom. The van der Waals surface area contributed by atoms with Crippen LogP contribution >= 0.6 is 15.9 Å². The van der Waals surface area contributed by atoms with Crippen LogP contribution in [0.25, 0.3) is 0 Å². The smallest absolute Gasteiger partial charge is 0.307 e. The molecular formula is C19H18BrF2NO2. The molecule has 2 aromatic carbocycles. The number of carbonyl (C=O) groups is 1. The van der Waals surface area contributed by atoms with Gasteiger partial charge in [-0.15, -0.1) is 0 Å². The molecule has 1 N–H and O–H groups in total. The van der Waals surface area contributed by atoms with Crippen molar-refractivity contribution in [2.75, 3.05) is 13.1 Å². The Bertz CT molecular complexity index is 784. The average molecular weight is 410 g/mol. The molecule has 0 amide bonds. The predicted molar refractivity (Wildman–Crippen MR) is 94.3 cm³/mol. The van der Waals surface area contributed by atoms with Gasteiger partial charge >= 0.3 is 5.97 Å². The van der Waals surface area contributed by atoms with Crippen molar-refractivity contribution < 1.29 is 18.7 Å². The summed E-state index contributed by atoms with van der Waals surface area (Å²) in [4.78, 5) is 13.4. The summed E-state index contributed by atoms with van der Waals surface area (Å²) >= 11 is 3.50. The van der Waals surface area contributed by atoms with E-state index in [4.69, 9.17) is 0 Å². The van der Waals surface area contributed by atoms with Crippen LogP contribution in [-0.4, -0.2) is 29.1 Å². The van der Waals surface area contributed by atoms with E-state index in [9.17, 15) is 18.7 Å². The van der Waals surface area contributed by atoms with Gasteiger partial charge in [0.1, 0.15) is 11.6 Å². The summed E-state index contributed by atoms with van der Waals surface area (Å²) in [6, 6.07) is 10.5. The number of aliphatic carboxylic acids is 1. The molecule has 6 heteroatoms. The monoisotopic (exact) mass is 409 g/mol. The molecule has 2 aromatic rings. The number of benzene rings is 2. The van der Waals surface area contributed by atoms with Gasteiger partial charge < -0.3 is 5.11 Å². The molecule has 25 heavy (non-hydrogen) atoms. The summed E-state index contributed by atoms with van der Waals surface area (Å²) in [7, 11) is 0. The summed E-state index contributed by atoms with van der Waals surface area (Å²) in [5.41, 5.74) is 1.18. The van der Waals surface area contributed by atoms with Crippen molar-refractivity contribution in [1.82, 2.24) is 4.90 Å². The second-order valence-corrected chi connectivity index (χ2v) is 7.12. The lowest BCUT2D eigenvalue weighted by Gasteiger charge is -2.38. The Morgan fingerprint density at radius 2 is 1.96 bits per heavy atom. The number of hydrogen-bond donors (Lipinski definition) is 1. The lowest BCUT2D eigenvalue weighted by Crippen LogP contribution is -2.41. The van der Waals surface area contributed by atoms with Crippen molar-refractivity contribution in [2.24, 2.45) is 5.92 Å². The second kappa shape index (κ2) is 7.62. The molecule has 0 bridgehead atoms. The molecule has 3 nitrogen and oxygen atoms in total. The molecule has 3 rings (SSSR count). The Labute approximate surface area is 153 Å². The minimum absolute atomic E-state index is 0.331. The van der Waals surface area contributed by atoms with Crippen LogP contribution in [0.1, 0.15) is 30.0 Å². The van der Waals surface area contributed by atoms with E-state index in [1.807, 2.05) is 29.2 Å². The van der Waals surface area contributed by atoms with E-state index >= 15 is 0 Å². The van der Waals surface area contributed by atoms with Crippen LogP contribution in [0.4, 0.5) is 8.78 Å². The maximum absolute atomic E-state index is 14.5. The van der Waals surface area contributed by atoms with Crippen molar-refractivity contribution in [1.29, 1.82) is 0 Å². The van der Waals surface area contributed by atoms with Crippen molar-refractivity contribution in [3.63, 3.8) is 0 Å². The lowest BCUT2D eigenvalue weighted by molar-refractivity contribution is -0.143. The highest BCUT2D eigenvalue weighted by Gasteiger charge is 2.33. The maximum atomic E-state index is 14.5. The zero-order valence-corrected chi connectivity index (χ0v) is 15.0. The quantitative estimate of drug-likeness (QED) is 0.800. The molecule has 132 valence electrons. The molecule has 1 fully saturated rings. The number of carboxylic acid groups (broad SMARTS) is 1.